The summed E-state index contributed by atoms with van der Waals surface area (Å²) in [5.41, 5.74) is 0. The van der Waals surface area contributed by atoms with Gasteiger partial charge in [-0.3, -0.25) is 4.68 Å². The van der Waals surface area contributed by atoms with Crippen molar-refractivity contribution in [2.24, 2.45) is 13.0 Å². The number of rotatable bonds is 3. The Bertz CT molecular complexity index is 312. The molecule has 0 aromatic carbocycles. The molecule has 0 aliphatic carbocycles. The van der Waals surface area contributed by atoms with Gasteiger partial charge in [0.2, 0.25) is 0 Å². The smallest absolute Gasteiger partial charge is 0.156 e. The maximum absolute atomic E-state index is 4.58. The van der Waals surface area contributed by atoms with E-state index < -0.39 is 0 Å². The van der Waals surface area contributed by atoms with Gasteiger partial charge in [0, 0.05) is 32.5 Å². The Morgan fingerprint density at radius 3 is 2.71 bits per heavy atom. The van der Waals surface area contributed by atoms with Crippen LogP contribution < -0.4 is 5.32 Å². The Morgan fingerprint density at radius 2 is 2.21 bits per heavy atom. The van der Waals surface area contributed by atoms with E-state index >= 15 is 0 Å². The third-order valence-electron chi connectivity index (χ3n) is 2.61. The third-order valence-corrected chi connectivity index (χ3v) is 2.61. The Labute approximate surface area is 84.7 Å². The van der Waals surface area contributed by atoms with E-state index in [1.807, 2.05) is 11.7 Å². The van der Waals surface area contributed by atoms with Gasteiger partial charge in [-0.15, -0.1) is 0 Å². The van der Waals surface area contributed by atoms with Gasteiger partial charge in [0.1, 0.15) is 5.82 Å². The van der Waals surface area contributed by atoms with Crippen molar-refractivity contribution in [2.75, 3.05) is 13.1 Å². The summed E-state index contributed by atoms with van der Waals surface area (Å²) in [6.07, 6.45) is 1.02. The maximum Gasteiger partial charge on any atom is 0.156 e. The average Bonchev–Trinajstić information content (AvgIpc) is 2.27. The van der Waals surface area contributed by atoms with Gasteiger partial charge in [0.05, 0.1) is 0 Å². The molecule has 0 amide bonds. The fraction of sp³-hybridized carbons (Fsp3) is 0.800. The van der Waals surface area contributed by atoms with Crippen molar-refractivity contribution < 1.29 is 0 Å². The molecule has 4 heteroatoms. The monoisotopic (exact) mass is 194 g/mol. The highest BCUT2D eigenvalue weighted by Crippen LogP contribution is 2.16. The molecule has 0 spiro atoms. The zero-order valence-electron chi connectivity index (χ0n) is 9.12. The molecule has 0 radical (unpaired) electrons. The first kappa shape index (κ1) is 9.65. The second-order valence-corrected chi connectivity index (χ2v) is 4.46. The topological polar surface area (TPSA) is 42.7 Å². The van der Waals surface area contributed by atoms with Gasteiger partial charge in [0.15, 0.2) is 5.82 Å². The molecule has 1 aromatic rings. The minimum atomic E-state index is 0.544. The summed E-state index contributed by atoms with van der Waals surface area (Å²) in [5.74, 6) is 3.32. The van der Waals surface area contributed by atoms with Gasteiger partial charge in [0.25, 0.3) is 0 Å². The number of hydrogen-bond donors (Lipinski definition) is 1. The van der Waals surface area contributed by atoms with Crippen molar-refractivity contribution in [2.45, 2.75) is 26.2 Å². The second-order valence-electron chi connectivity index (χ2n) is 4.46. The van der Waals surface area contributed by atoms with E-state index in [9.17, 15) is 0 Å². The van der Waals surface area contributed by atoms with E-state index in [1.165, 1.54) is 0 Å². The van der Waals surface area contributed by atoms with Crippen LogP contribution in [0, 0.1) is 5.92 Å². The van der Waals surface area contributed by atoms with Gasteiger partial charge >= 0.3 is 0 Å². The molecule has 4 nitrogen and oxygen atoms in total. The normalized spacial score (nSPS) is 17.4. The molecule has 0 atom stereocenters. The molecule has 2 heterocycles. The lowest BCUT2D eigenvalue weighted by Crippen LogP contribution is -2.40. The molecule has 0 saturated carbocycles. The summed E-state index contributed by atoms with van der Waals surface area (Å²) in [4.78, 5) is 4.58. The molecule has 1 aliphatic rings. The van der Waals surface area contributed by atoms with Crippen LogP contribution in [0.2, 0.25) is 0 Å². The number of aromatic nitrogens is 3. The maximum atomic E-state index is 4.58. The average molecular weight is 194 g/mol. The van der Waals surface area contributed by atoms with Gasteiger partial charge in [-0.05, 0) is 5.92 Å². The number of aryl methyl sites for hydroxylation is 1. The van der Waals surface area contributed by atoms with Crippen LogP contribution in [0.5, 0.6) is 0 Å². The molecule has 0 bridgehead atoms. The van der Waals surface area contributed by atoms with E-state index in [0.29, 0.717) is 11.8 Å². The first-order valence-corrected chi connectivity index (χ1v) is 5.27. The first-order chi connectivity index (χ1) is 6.66. The van der Waals surface area contributed by atoms with E-state index in [0.717, 1.165) is 31.2 Å². The Morgan fingerprint density at radius 1 is 1.50 bits per heavy atom. The number of nitrogens with zero attached hydrogens (tertiary/aromatic N) is 3. The molecule has 1 aliphatic heterocycles. The molecule has 78 valence electrons. The zero-order valence-corrected chi connectivity index (χ0v) is 9.12. The van der Waals surface area contributed by atoms with Gasteiger partial charge in [-0.25, -0.2) is 4.98 Å². The number of hydrogen-bond acceptors (Lipinski definition) is 3. The van der Waals surface area contributed by atoms with Crippen LogP contribution in [-0.4, -0.2) is 27.9 Å². The fourth-order valence-electron chi connectivity index (χ4n) is 1.63. The fourth-order valence-corrected chi connectivity index (χ4v) is 1.63. The van der Waals surface area contributed by atoms with Gasteiger partial charge < -0.3 is 5.32 Å². The highest BCUT2D eigenvalue weighted by Gasteiger charge is 2.24. The minimum absolute atomic E-state index is 0.544. The van der Waals surface area contributed by atoms with Gasteiger partial charge in [-0.2, -0.15) is 5.10 Å². The summed E-state index contributed by atoms with van der Waals surface area (Å²) in [7, 11) is 1.99. The van der Waals surface area contributed by atoms with Crippen molar-refractivity contribution in [1.82, 2.24) is 20.1 Å². The second kappa shape index (κ2) is 3.69. The van der Waals surface area contributed by atoms with Crippen molar-refractivity contribution in [1.29, 1.82) is 0 Å². The van der Waals surface area contributed by atoms with Gasteiger partial charge in [-0.1, -0.05) is 13.8 Å². The molecule has 1 saturated heterocycles. The van der Waals surface area contributed by atoms with E-state index in [-0.39, 0.29) is 0 Å². The summed E-state index contributed by atoms with van der Waals surface area (Å²) >= 11 is 0. The summed E-state index contributed by atoms with van der Waals surface area (Å²) in [6, 6.07) is 0. The Hall–Kier alpha value is -0.900. The largest absolute Gasteiger partial charge is 0.315 e. The molecule has 14 heavy (non-hydrogen) atoms. The predicted molar refractivity (Wildman–Crippen MR) is 55.2 cm³/mol. The molecule has 0 unspecified atom stereocenters. The van der Waals surface area contributed by atoms with Crippen LogP contribution in [0.1, 0.15) is 31.4 Å². The summed E-state index contributed by atoms with van der Waals surface area (Å²) in [5, 5.41) is 7.69. The predicted octanol–water partition coefficient (Wildman–Crippen LogP) is 0.700. The third kappa shape index (κ3) is 1.80. The SMILES string of the molecule is CC(C)Cc1nc(C2CNC2)nn1C. The molecule has 1 N–H and O–H groups in total. The van der Waals surface area contributed by atoms with Crippen molar-refractivity contribution >= 4 is 0 Å². The molecular formula is C10H18N4. The van der Waals surface area contributed by atoms with Crippen LogP contribution in [0.25, 0.3) is 0 Å². The van der Waals surface area contributed by atoms with Crippen LogP contribution in [0.4, 0.5) is 0 Å². The van der Waals surface area contributed by atoms with Crippen LogP contribution in [0.15, 0.2) is 0 Å². The quantitative estimate of drug-likeness (QED) is 0.770. The Kier molecular flexibility index (Phi) is 2.54. The lowest BCUT2D eigenvalue weighted by atomic mass is 10.0. The van der Waals surface area contributed by atoms with Crippen molar-refractivity contribution in [3.8, 4) is 0 Å². The van der Waals surface area contributed by atoms with Crippen LogP contribution in [-0.2, 0) is 13.5 Å². The lowest BCUT2D eigenvalue weighted by Gasteiger charge is -2.23. The highest BCUT2D eigenvalue weighted by atomic mass is 15.3. The summed E-state index contributed by atoms with van der Waals surface area (Å²) < 4.78 is 1.92. The first-order valence-electron chi connectivity index (χ1n) is 5.27. The molecule has 1 aromatic heterocycles. The highest BCUT2D eigenvalue weighted by molar-refractivity contribution is 5.05. The van der Waals surface area contributed by atoms with Crippen LogP contribution in [0.3, 0.4) is 0 Å². The molecule has 1 fully saturated rings. The van der Waals surface area contributed by atoms with Crippen LogP contribution >= 0.6 is 0 Å². The van der Waals surface area contributed by atoms with E-state index in [4.69, 9.17) is 0 Å². The molecule has 2 rings (SSSR count). The minimum Gasteiger partial charge on any atom is -0.315 e. The summed E-state index contributed by atoms with van der Waals surface area (Å²) in [6.45, 7) is 6.48. The Balaban J connectivity index is 2.12. The zero-order chi connectivity index (χ0) is 10.1. The number of nitrogens with one attached hydrogen (secondary N) is 1. The standard InChI is InChI=1S/C10H18N4/c1-7(2)4-9-12-10(13-14(9)3)8-5-11-6-8/h7-8,11H,4-6H2,1-3H3. The van der Waals surface area contributed by atoms with E-state index in [1.54, 1.807) is 0 Å². The molecular weight excluding hydrogens is 176 g/mol. The van der Waals surface area contributed by atoms with Crippen molar-refractivity contribution in [3.63, 3.8) is 0 Å². The van der Waals surface area contributed by atoms with Crippen molar-refractivity contribution in [3.05, 3.63) is 11.6 Å². The van der Waals surface area contributed by atoms with E-state index in [2.05, 4.69) is 29.2 Å². The lowest BCUT2D eigenvalue weighted by molar-refractivity contribution is 0.428.